The molecule has 5 heteroatoms. The lowest BCUT2D eigenvalue weighted by Gasteiger charge is -2.23. The molecule has 0 saturated carbocycles. The average Bonchev–Trinajstić information content (AvgIpc) is 2.74. The van der Waals surface area contributed by atoms with Crippen LogP contribution in [0, 0.1) is 0 Å². The second-order valence-corrected chi connectivity index (χ2v) is 7.31. The Morgan fingerprint density at radius 2 is 1.95 bits per heavy atom. The normalized spacial score (nSPS) is 11.9. The summed E-state index contributed by atoms with van der Waals surface area (Å²) in [7, 11) is 1.66. The first-order chi connectivity index (χ1) is 10.4. The van der Waals surface area contributed by atoms with Crippen molar-refractivity contribution in [3.63, 3.8) is 0 Å². The van der Waals surface area contributed by atoms with Crippen molar-refractivity contribution >= 4 is 27.0 Å². The Morgan fingerprint density at radius 1 is 1.23 bits per heavy atom. The molecule has 0 bridgehead atoms. The first-order valence-electron chi connectivity index (χ1n) is 7.80. The molecule has 0 spiro atoms. The van der Waals surface area contributed by atoms with Crippen molar-refractivity contribution < 1.29 is 9.57 Å². The molecule has 1 heterocycles. The van der Waals surface area contributed by atoms with Crippen molar-refractivity contribution in [2.75, 3.05) is 7.11 Å². The van der Waals surface area contributed by atoms with Crippen molar-refractivity contribution in [3.05, 3.63) is 22.4 Å². The number of ether oxygens (including phenoxy) is 1. The number of imidazole rings is 1. The lowest BCUT2D eigenvalue weighted by Crippen LogP contribution is -2.32. The van der Waals surface area contributed by atoms with E-state index in [9.17, 15) is 0 Å². The third-order valence-corrected chi connectivity index (χ3v) is 3.94. The molecule has 0 fully saturated rings. The highest BCUT2D eigenvalue weighted by molar-refractivity contribution is 9.10. The van der Waals surface area contributed by atoms with Crippen LogP contribution >= 0.6 is 15.9 Å². The number of aryl methyl sites for hydroxylation is 1. The lowest BCUT2D eigenvalue weighted by atomic mass is 10.2. The molecule has 0 amide bonds. The molecule has 0 N–H and O–H groups in total. The van der Waals surface area contributed by atoms with Gasteiger partial charge in [0.15, 0.2) is 0 Å². The van der Waals surface area contributed by atoms with Crippen molar-refractivity contribution in [2.24, 2.45) is 0 Å². The van der Waals surface area contributed by atoms with E-state index < -0.39 is 0 Å². The molecular formula is C17H25BrN2O2. The van der Waals surface area contributed by atoms with E-state index in [2.05, 4.69) is 22.9 Å². The highest BCUT2D eigenvalue weighted by Crippen LogP contribution is 2.31. The Hall–Kier alpha value is -1.23. The van der Waals surface area contributed by atoms with Crippen molar-refractivity contribution in [3.8, 4) is 5.75 Å². The second kappa shape index (κ2) is 6.90. The third-order valence-electron chi connectivity index (χ3n) is 3.32. The fraction of sp³-hybridized carbons (Fsp3) is 0.588. The first-order valence-corrected chi connectivity index (χ1v) is 8.59. The summed E-state index contributed by atoms with van der Waals surface area (Å²) in [4.78, 5) is 10.9. The standard InChI is InChI=1S/C17H25BrN2O2/c1-6-7-8-9-16-19-13-11-15(21-5)12(18)10-14(13)20(16)22-17(2,3)4/h10-11H,6-9H2,1-5H3. The molecule has 0 unspecified atom stereocenters. The molecule has 2 rings (SSSR count). The van der Waals surface area contributed by atoms with Gasteiger partial charge in [-0.2, -0.15) is 4.73 Å². The van der Waals surface area contributed by atoms with Gasteiger partial charge in [-0.1, -0.05) is 19.8 Å². The van der Waals surface area contributed by atoms with Crippen LogP contribution < -0.4 is 9.57 Å². The van der Waals surface area contributed by atoms with E-state index in [0.29, 0.717) is 0 Å². The molecule has 0 aliphatic heterocycles. The minimum Gasteiger partial charge on any atom is -0.495 e. The van der Waals surface area contributed by atoms with Gasteiger partial charge in [-0.25, -0.2) is 4.98 Å². The number of halogens is 1. The van der Waals surface area contributed by atoms with E-state index in [0.717, 1.165) is 39.9 Å². The van der Waals surface area contributed by atoms with Crippen LogP contribution in [-0.4, -0.2) is 22.4 Å². The zero-order chi connectivity index (χ0) is 16.3. The molecule has 2 aromatic rings. The van der Waals surface area contributed by atoms with E-state index in [-0.39, 0.29) is 5.60 Å². The minimum absolute atomic E-state index is 0.278. The summed E-state index contributed by atoms with van der Waals surface area (Å²) in [6.07, 6.45) is 4.43. The van der Waals surface area contributed by atoms with E-state index in [1.807, 2.05) is 37.6 Å². The van der Waals surface area contributed by atoms with Crippen molar-refractivity contribution in [1.29, 1.82) is 0 Å². The van der Waals surface area contributed by atoms with Crippen LogP contribution in [0.15, 0.2) is 16.6 Å². The molecule has 0 radical (unpaired) electrons. The maximum absolute atomic E-state index is 6.14. The highest BCUT2D eigenvalue weighted by Gasteiger charge is 2.20. The lowest BCUT2D eigenvalue weighted by molar-refractivity contribution is -0.0132. The Balaban J connectivity index is 2.48. The van der Waals surface area contributed by atoms with Crippen LogP contribution in [0.1, 0.15) is 52.8 Å². The Kier molecular flexibility index (Phi) is 5.37. The van der Waals surface area contributed by atoms with Gasteiger partial charge in [0.25, 0.3) is 0 Å². The number of fused-ring (bicyclic) bond motifs is 1. The zero-order valence-electron chi connectivity index (χ0n) is 14.1. The van der Waals surface area contributed by atoms with E-state index in [4.69, 9.17) is 14.6 Å². The van der Waals surface area contributed by atoms with Gasteiger partial charge in [-0.05, 0) is 49.2 Å². The predicted molar refractivity (Wildman–Crippen MR) is 93.5 cm³/mol. The van der Waals surface area contributed by atoms with Crippen LogP contribution in [0.5, 0.6) is 5.75 Å². The molecule has 122 valence electrons. The van der Waals surface area contributed by atoms with Gasteiger partial charge < -0.3 is 9.57 Å². The summed E-state index contributed by atoms with van der Waals surface area (Å²) in [5, 5.41) is 0. The fourth-order valence-electron chi connectivity index (χ4n) is 2.33. The molecule has 0 saturated heterocycles. The number of aromatic nitrogens is 2. The summed E-state index contributed by atoms with van der Waals surface area (Å²) >= 11 is 3.54. The minimum atomic E-state index is -0.278. The van der Waals surface area contributed by atoms with E-state index >= 15 is 0 Å². The SMILES string of the molecule is CCCCCc1nc2cc(OC)c(Br)cc2n1OC(C)(C)C. The molecular weight excluding hydrogens is 344 g/mol. The van der Waals surface area contributed by atoms with Gasteiger partial charge in [-0.15, -0.1) is 0 Å². The molecule has 4 nitrogen and oxygen atoms in total. The van der Waals surface area contributed by atoms with E-state index in [1.165, 1.54) is 12.8 Å². The Labute approximate surface area is 140 Å². The van der Waals surface area contributed by atoms with Crippen LogP contribution in [0.2, 0.25) is 0 Å². The largest absolute Gasteiger partial charge is 0.495 e. The zero-order valence-corrected chi connectivity index (χ0v) is 15.7. The Bertz CT molecular complexity index is 644. The highest BCUT2D eigenvalue weighted by atomic mass is 79.9. The molecule has 0 aliphatic rings. The monoisotopic (exact) mass is 368 g/mol. The van der Waals surface area contributed by atoms with Crippen LogP contribution in [0.3, 0.4) is 0 Å². The summed E-state index contributed by atoms with van der Waals surface area (Å²) in [5.74, 6) is 1.76. The molecule has 1 aromatic carbocycles. The topological polar surface area (TPSA) is 36.3 Å². The maximum atomic E-state index is 6.14. The molecule has 22 heavy (non-hydrogen) atoms. The van der Waals surface area contributed by atoms with Gasteiger partial charge in [0.1, 0.15) is 22.7 Å². The smallest absolute Gasteiger partial charge is 0.146 e. The number of rotatable bonds is 6. The van der Waals surface area contributed by atoms with E-state index in [1.54, 1.807) is 7.11 Å². The quantitative estimate of drug-likeness (QED) is 0.689. The van der Waals surface area contributed by atoms with Crippen LogP contribution in [0.25, 0.3) is 11.0 Å². The van der Waals surface area contributed by atoms with Crippen LogP contribution in [0.4, 0.5) is 0 Å². The van der Waals surface area contributed by atoms with Crippen LogP contribution in [-0.2, 0) is 6.42 Å². The summed E-state index contributed by atoms with van der Waals surface area (Å²) in [5.41, 5.74) is 1.59. The van der Waals surface area contributed by atoms with Gasteiger partial charge >= 0.3 is 0 Å². The number of nitrogens with zero attached hydrogens (tertiary/aromatic N) is 2. The second-order valence-electron chi connectivity index (χ2n) is 6.46. The van der Waals surface area contributed by atoms with Crippen molar-refractivity contribution in [2.45, 2.75) is 59.0 Å². The van der Waals surface area contributed by atoms with Crippen molar-refractivity contribution in [1.82, 2.24) is 9.71 Å². The van der Waals surface area contributed by atoms with Gasteiger partial charge in [0.05, 0.1) is 17.1 Å². The van der Waals surface area contributed by atoms with Gasteiger partial charge in [-0.3, -0.25) is 0 Å². The summed E-state index contributed by atoms with van der Waals surface area (Å²) in [6, 6.07) is 3.96. The summed E-state index contributed by atoms with van der Waals surface area (Å²) < 4.78 is 8.15. The molecule has 1 aromatic heterocycles. The third kappa shape index (κ3) is 3.94. The number of benzene rings is 1. The first kappa shape index (κ1) is 17.1. The number of hydrogen-bond donors (Lipinski definition) is 0. The number of hydrogen-bond acceptors (Lipinski definition) is 3. The number of methoxy groups -OCH3 is 1. The average molecular weight is 369 g/mol. The Morgan fingerprint density at radius 3 is 2.55 bits per heavy atom. The molecule has 0 atom stereocenters. The predicted octanol–water partition coefficient (Wildman–Crippen LogP) is 4.77. The van der Waals surface area contributed by atoms with Gasteiger partial charge in [0, 0.05) is 12.5 Å². The number of unbranched alkanes of at least 4 members (excludes halogenated alkanes) is 2. The fourth-order valence-corrected chi connectivity index (χ4v) is 2.82. The van der Waals surface area contributed by atoms with Gasteiger partial charge in [0.2, 0.25) is 0 Å². The summed E-state index contributed by atoms with van der Waals surface area (Å²) in [6.45, 7) is 8.35. The molecule has 0 aliphatic carbocycles. The maximum Gasteiger partial charge on any atom is 0.146 e.